The molecule has 0 aliphatic carbocycles. The van der Waals surface area contributed by atoms with Gasteiger partial charge in [0, 0.05) is 37.7 Å². The first kappa shape index (κ1) is 15.8. The summed E-state index contributed by atoms with van der Waals surface area (Å²) in [5, 5.41) is 0.449. The maximum absolute atomic E-state index is 12.5. The van der Waals surface area contributed by atoms with E-state index in [2.05, 4.69) is 18.7 Å². The highest BCUT2D eigenvalue weighted by Crippen LogP contribution is 2.21. The molecule has 0 aromatic heterocycles. The SMILES string of the molecule is CC(C)CN1CCN(S(=O)(=O)c2cccc(Cl)c2)CC1. The number of halogens is 1. The van der Waals surface area contributed by atoms with Gasteiger partial charge in [0.05, 0.1) is 4.90 Å². The summed E-state index contributed by atoms with van der Waals surface area (Å²) in [6, 6.07) is 6.46. The van der Waals surface area contributed by atoms with Crippen molar-refractivity contribution in [3.8, 4) is 0 Å². The highest BCUT2D eigenvalue weighted by Gasteiger charge is 2.28. The molecule has 0 spiro atoms. The average molecular weight is 317 g/mol. The molecule has 0 N–H and O–H groups in total. The summed E-state index contributed by atoms with van der Waals surface area (Å²) in [4.78, 5) is 2.59. The molecule has 4 nitrogen and oxygen atoms in total. The van der Waals surface area contributed by atoms with Crippen molar-refractivity contribution >= 4 is 21.6 Å². The fourth-order valence-corrected chi connectivity index (χ4v) is 4.17. The quantitative estimate of drug-likeness (QED) is 0.856. The van der Waals surface area contributed by atoms with Crippen molar-refractivity contribution in [1.82, 2.24) is 9.21 Å². The van der Waals surface area contributed by atoms with E-state index in [1.807, 2.05) is 0 Å². The number of piperazine rings is 1. The third-order valence-electron chi connectivity index (χ3n) is 3.39. The molecule has 112 valence electrons. The highest BCUT2D eigenvalue weighted by molar-refractivity contribution is 7.89. The number of sulfonamides is 1. The summed E-state index contributed by atoms with van der Waals surface area (Å²) >= 11 is 5.88. The van der Waals surface area contributed by atoms with Crippen LogP contribution in [0.25, 0.3) is 0 Å². The molecule has 1 aliphatic heterocycles. The van der Waals surface area contributed by atoms with E-state index in [0.29, 0.717) is 24.0 Å². The van der Waals surface area contributed by atoms with Gasteiger partial charge in [-0.1, -0.05) is 31.5 Å². The van der Waals surface area contributed by atoms with Crippen molar-refractivity contribution < 1.29 is 8.42 Å². The van der Waals surface area contributed by atoms with E-state index in [9.17, 15) is 8.42 Å². The van der Waals surface area contributed by atoms with Gasteiger partial charge in [0.2, 0.25) is 10.0 Å². The van der Waals surface area contributed by atoms with Gasteiger partial charge in [-0.3, -0.25) is 0 Å². The van der Waals surface area contributed by atoms with E-state index in [1.165, 1.54) is 6.07 Å². The maximum Gasteiger partial charge on any atom is 0.243 e. The summed E-state index contributed by atoms with van der Waals surface area (Å²) in [7, 11) is -3.41. The lowest BCUT2D eigenvalue weighted by molar-refractivity contribution is 0.172. The second kappa shape index (κ2) is 6.43. The Morgan fingerprint density at radius 1 is 1.20 bits per heavy atom. The zero-order valence-electron chi connectivity index (χ0n) is 11.9. The van der Waals surface area contributed by atoms with Crippen LogP contribution in [0.4, 0.5) is 0 Å². The van der Waals surface area contributed by atoms with Gasteiger partial charge in [-0.15, -0.1) is 0 Å². The third-order valence-corrected chi connectivity index (χ3v) is 5.52. The van der Waals surface area contributed by atoms with Crippen LogP contribution in [-0.4, -0.2) is 50.3 Å². The second-order valence-corrected chi connectivity index (χ2v) is 7.93. The molecule has 0 unspecified atom stereocenters. The van der Waals surface area contributed by atoms with Gasteiger partial charge in [0.1, 0.15) is 0 Å². The Bertz CT molecular complexity index is 552. The summed E-state index contributed by atoms with van der Waals surface area (Å²) in [6.45, 7) is 8.04. The molecule has 1 heterocycles. The highest BCUT2D eigenvalue weighted by atomic mass is 35.5. The molecule has 20 heavy (non-hydrogen) atoms. The van der Waals surface area contributed by atoms with E-state index < -0.39 is 10.0 Å². The Balaban J connectivity index is 2.06. The van der Waals surface area contributed by atoms with Crippen molar-refractivity contribution in [2.24, 2.45) is 5.92 Å². The van der Waals surface area contributed by atoms with Crippen LogP contribution in [0.5, 0.6) is 0 Å². The number of nitrogens with zero attached hydrogens (tertiary/aromatic N) is 2. The maximum atomic E-state index is 12.5. The second-order valence-electron chi connectivity index (χ2n) is 5.56. The first-order valence-electron chi connectivity index (χ1n) is 6.87. The van der Waals surface area contributed by atoms with Gasteiger partial charge in [-0.2, -0.15) is 4.31 Å². The van der Waals surface area contributed by atoms with Gasteiger partial charge in [-0.25, -0.2) is 8.42 Å². The first-order chi connectivity index (χ1) is 9.39. The minimum absolute atomic E-state index is 0.280. The molecule has 2 rings (SSSR count). The lowest BCUT2D eigenvalue weighted by Crippen LogP contribution is -2.49. The Hall–Kier alpha value is -0.620. The van der Waals surface area contributed by atoms with Crippen LogP contribution in [0.15, 0.2) is 29.2 Å². The average Bonchev–Trinajstić information content (AvgIpc) is 2.38. The molecule has 6 heteroatoms. The van der Waals surface area contributed by atoms with Crippen LogP contribution in [0.2, 0.25) is 5.02 Å². The predicted octanol–water partition coefficient (Wildman–Crippen LogP) is 2.30. The monoisotopic (exact) mass is 316 g/mol. The number of hydrogen-bond donors (Lipinski definition) is 0. The zero-order chi connectivity index (χ0) is 14.8. The van der Waals surface area contributed by atoms with Crippen molar-refractivity contribution in [2.75, 3.05) is 32.7 Å². The van der Waals surface area contributed by atoms with Crippen molar-refractivity contribution in [2.45, 2.75) is 18.7 Å². The summed E-state index contributed by atoms with van der Waals surface area (Å²) in [6.07, 6.45) is 0. The Morgan fingerprint density at radius 3 is 2.40 bits per heavy atom. The van der Waals surface area contributed by atoms with Gasteiger partial charge in [-0.05, 0) is 24.1 Å². The molecule has 1 aliphatic rings. The molecule has 1 aromatic rings. The fraction of sp³-hybridized carbons (Fsp3) is 0.571. The van der Waals surface area contributed by atoms with Gasteiger partial charge < -0.3 is 4.90 Å². The molecule has 0 saturated carbocycles. The van der Waals surface area contributed by atoms with Gasteiger partial charge >= 0.3 is 0 Å². The van der Waals surface area contributed by atoms with E-state index in [4.69, 9.17) is 11.6 Å². The van der Waals surface area contributed by atoms with Crippen LogP contribution in [0, 0.1) is 5.92 Å². The third kappa shape index (κ3) is 3.73. The van der Waals surface area contributed by atoms with Crippen molar-refractivity contribution in [1.29, 1.82) is 0 Å². The summed E-state index contributed by atoms with van der Waals surface area (Å²) < 4.78 is 26.6. The van der Waals surface area contributed by atoms with E-state index in [1.54, 1.807) is 22.5 Å². The van der Waals surface area contributed by atoms with E-state index in [0.717, 1.165) is 19.6 Å². The molecular formula is C14H21ClN2O2S. The minimum Gasteiger partial charge on any atom is -0.300 e. The Morgan fingerprint density at radius 2 is 1.85 bits per heavy atom. The standard InChI is InChI=1S/C14H21ClN2O2S/c1-12(2)11-16-6-8-17(9-7-16)20(18,19)14-5-3-4-13(15)10-14/h3-5,10,12H,6-9,11H2,1-2H3. The van der Waals surface area contributed by atoms with Gasteiger partial charge in [0.15, 0.2) is 0 Å². The minimum atomic E-state index is -3.41. The number of benzene rings is 1. The topological polar surface area (TPSA) is 40.6 Å². The van der Waals surface area contributed by atoms with Crippen molar-refractivity contribution in [3.05, 3.63) is 29.3 Å². The van der Waals surface area contributed by atoms with Crippen LogP contribution < -0.4 is 0 Å². The number of hydrogen-bond acceptors (Lipinski definition) is 3. The van der Waals surface area contributed by atoms with E-state index in [-0.39, 0.29) is 4.90 Å². The zero-order valence-corrected chi connectivity index (χ0v) is 13.5. The molecule has 0 bridgehead atoms. The molecule has 0 atom stereocenters. The lowest BCUT2D eigenvalue weighted by Gasteiger charge is -2.34. The Labute approximate surface area is 126 Å². The number of rotatable bonds is 4. The lowest BCUT2D eigenvalue weighted by atomic mass is 10.2. The molecular weight excluding hydrogens is 296 g/mol. The van der Waals surface area contributed by atoms with Crippen molar-refractivity contribution in [3.63, 3.8) is 0 Å². The largest absolute Gasteiger partial charge is 0.300 e. The summed E-state index contributed by atoms with van der Waals surface area (Å²) in [5.41, 5.74) is 0. The molecule has 1 fully saturated rings. The normalized spacial score (nSPS) is 18.6. The molecule has 1 saturated heterocycles. The van der Waals surface area contributed by atoms with Crippen LogP contribution in [-0.2, 0) is 10.0 Å². The van der Waals surface area contributed by atoms with E-state index >= 15 is 0 Å². The fourth-order valence-electron chi connectivity index (χ4n) is 2.45. The van der Waals surface area contributed by atoms with Crippen LogP contribution in [0.3, 0.4) is 0 Å². The van der Waals surface area contributed by atoms with Crippen LogP contribution >= 0.6 is 11.6 Å². The predicted molar refractivity (Wildman–Crippen MR) is 81.5 cm³/mol. The first-order valence-corrected chi connectivity index (χ1v) is 8.69. The smallest absolute Gasteiger partial charge is 0.243 e. The van der Waals surface area contributed by atoms with Gasteiger partial charge in [0.25, 0.3) is 0 Å². The Kier molecular flexibility index (Phi) is 5.07. The summed E-state index contributed by atoms with van der Waals surface area (Å²) in [5.74, 6) is 0.603. The molecule has 0 radical (unpaired) electrons. The van der Waals surface area contributed by atoms with Crippen LogP contribution in [0.1, 0.15) is 13.8 Å². The molecule has 1 aromatic carbocycles. The molecule has 0 amide bonds.